The monoisotopic (exact) mass is 440 g/mol. The van der Waals surface area contributed by atoms with Crippen LogP contribution < -0.4 is 5.32 Å². The summed E-state index contributed by atoms with van der Waals surface area (Å²) in [6.07, 6.45) is 5.99. The number of aryl methyl sites for hydroxylation is 2. The maximum Gasteiger partial charge on any atom is 0.246 e. The van der Waals surface area contributed by atoms with E-state index in [4.69, 9.17) is 4.98 Å². The molecule has 1 saturated heterocycles. The van der Waals surface area contributed by atoms with Crippen LogP contribution in [0.15, 0.2) is 53.7 Å². The summed E-state index contributed by atoms with van der Waals surface area (Å²) in [5.41, 5.74) is 1.44. The van der Waals surface area contributed by atoms with Gasteiger partial charge in [0, 0.05) is 43.6 Å². The molecular formula is C22H28N6O2S. The van der Waals surface area contributed by atoms with E-state index in [0.717, 1.165) is 30.8 Å². The van der Waals surface area contributed by atoms with E-state index in [1.807, 2.05) is 43.3 Å². The first-order valence-corrected chi connectivity index (χ1v) is 12.1. The molecule has 0 radical (unpaired) electrons. The number of nitrogens with one attached hydrogen (secondary N) is 1. The van der Waals surface area contributed by atoms with Crippen molar-refractivity contribution in [2.75, 3.05) is 18.4 Å². The van der Waals surface area contributed by atoms with Crippen LogP contribution in [0.5, 0.6) is 0 Å². The van der Waals surface area contributed by atoms with Gasteiger partial charge in [0.25, 0.3) is 0 Å². The van der Waals surface area contributed by atoms with Crippen LogP contribution in [-0.2, 0) is 16.6 Å². The average molecular weight is 441 g/mol. The zero-order chi connectivity index (χ0) is 21.8. The Bertz CT molecular complexity index is 1130. The van der Waals surface area contributed by atoms with Gasteiger partial charge in [-0.1, -0.05) is 19.1 Å². The van der Waals surface area contributed by atoms with Crippen molar-refractivity contribution in [1.29, 1.82) is 0 Å². The number of hydrogen-bond acceptors (Lipinski definition) is 6. The second kappa shape index (κ2) is 9.15. The maximum atomic E-state index is 13.3. The number of aromatic nitrogens is 4. The summed E-state index contributed by atoms with van der Waals surface area (Å²) in [4.78, 5) is 9.31. The summed E-state index contributed by atoms with van der Waals surface area (Å²) in [7, 11) is -3.59. The Morgan fingerprint density at radius 3 is 2.77 bits per heavy atom. The molecular weight excluding hydrogens is 412 g/mol. The van der Waals surface area contributed by atoms with Gasteiger partial charge in [0.05, 0.1) is 5.69 Å². The zero-order valence-corrected chi connectivity index (χ0v) is 18.7. The topological polar surface area (TPSA) is 93.0 Å². The maximum absolute atomic E-state index is 13.3. The van der Waals surface area contributed by atoms with Crippen LogP contribution in [0.25, 0.3) is 0 Å². The van der Waals surface area contributed by atoms with Crippen molar-refractivity contribution in [3.05, 3.63) is 60.2 Å². The minimum atomic E-state index is -3.59. The summed E-state index contributed by atoms with van der Waals surface area (Å²) >= 11 is 0. The van der Waals surface area contributed by atoms with Crippen molar-refractivity contribution >= 4 is 21.7 Å². The van der Waals surface area contributed by atoms with E-state index in [0.29, 0.717) is 36.0 Å². The van der Waals surface area contributed by atoms with Crippen LogP contribution in [0, 0.1) is 6.92 Å². The Morgan fingerprint density at radius 1 is 1.16 bits per heavy atom. The van der Waals surface area contributed by atoms with Crippen molar-refractivity contribution in [3.8, 4) is 0 Å². The van der Waals surface area contributed by atoms with E-state index < -0.39 is 10.0 Å². The lowest BCUT2D eigenvalue weighted by molar-refractivity contribution is 0.312. The normalized spacial score (nSPS) is 17.5. The molecule has 3 aromatic rings. The fourth-order valence-electron chi connectivity index (χ4n) is 3.95. The summed E-state index contributed by atoms with van der Waals surface area (Å²) in [5, 5.41) is 7.58. The van der Waals surface area contributed by atoms with Gasteiger partial charge in [-0.25, -0.2) is 18.4 Å². The molecule has 1 aliphatic rings. The predicted molar refractivity (Wildman–Crippen MR) is 120 cm³/mol. The van der Waals surface area contributed by atoms with E-state index in [1.165, 1.54) is 0 Å². The highest BCUT2D eigenvalue weighted by atomic mass is 32.2. The van der Waals surface area contributed by atoms with E-state index in [1.54, 1.807) is 28.3 Å². The third-order valence-electron chi connectivity index (χ3n) is 5.47. The molecule has 0 bridgehead atoms. The van der Waals surface area contributed by atoms with Gasteiger partial charge < -0.3 is 5.32 Å². The molecule has 164 valence electrons. The molecule has 0 aliphatic carbocycles. The molecule has 9 heteroatoms. The molecule has 31 heavy (non-hydrogen) atoms. The number of sulfonamides is 1. The number of nitrogens with zero attached hydrogens (tertiary/aromatic N) is 5. The lowest BCUT2D eigenvalue weighted by Crippen LogP contribution is -2.39. The van der Waals surface area contributed by atoms with Crippen LogP contribution in [0.2, 0.25) is 0 Å². The smallest absolute Gasteiger partial charge is 0.246 e. The molecule has 0 saturated carbocycles. The van der Waals surface area contributed by atoms with Crippen molar-refractivity contribution in [1.82, 2.24) is 24.1 Å². The lowest BCUT2D eigenvalue weighted by atomic mass is 9.95. The fraction of sp³-hybridized carbons (Fsp3) is 0.409. The molecule has 4 rings (SSSR count). The highest BCUT2D eigenvalue weighted by Crippen LogP contribution is 2.31. The molecule has 4 heterocycles. The van der Waals surface area contributed by atoms with E-state index in [-0.39, 0.29) is 5.92 Å². The van der Waals surface area contributed by atoms with E-state index >= 15 is 0 Å². The van der Waals surface area contributed by atoms with Gasteiger partial charge in [-0.05, 0) is 50.5 Å². The molecule has 1 unspecified atom stereocenters. The van der Waals surface area contributed by atoms with Gasteiger partial charge in [-0.3, -0.25) is 4.68 Å². The Balaban J connectivity index is 1.53. The molecule has 1 N–H and O–H groups in total. The molecule has 1 aliphatic heterocycles. The van der Waals surface area contributed by atoms with Gasteiger partial charge in [0.15, 0.2) is 0 Å². The first-order chi connectivity index (χ1) is 15.0. The first-order valence-electron chi connectivity index (χ1n) is 10.7. The first kappa shape index (κ1) is 21.5. The average Bonchev–Trinajstić information content (AvgIpc) is 3.16. The minimum absolute atomic E-state index is 0.0417. The Morgan fingerprint density at radius 2 is 2.00 bits per heavy atom. The third-order valence-corrected chi connectivity index (χ3v) is 7.43. The van der Waals surface area contributed by atoms with Crippen LogP contribution in [0.1, 0.15) is 43.5 Å². The van der Waals surface area contributed by atoms with Crippen LogP contribution >= 0.6 is 0 Å². The highest BCUT2D eigenvalue weighted by molar-refractivity contribution is 7.89. The molecule has 0 spiro atoms. The van der Waals surface area contributed by atoms with Gasteiger partial charge in [-0.2, -0.15) is 9.40 Å². The standard InChI is InChI=1S/C22H28N6O2S/c1-3-13-27-16-20(17(2)26-27)31(29,30)28-14-7-8-18(15-28)19-9-6-11-22(24-19)25-21-10-4-5-12-23-21/h4-6,9-12,16,18H,3,7-8,13-15H2,1-2H3,(H,23,24,25). The SMILES string of the molecule is CCCn1cc(S(=O)(=O)N2CCCC(c3cccc(Nc4ccccn4)n3)C2)c(C)n1. The second-order valence-corrected chi connectivity index (χ2v) is 9.74. The fourth-order valence-corrected chi connectivity index (χ4v) is 5.65. The van der Waals surface area contributed by atoms with Crippen LogP contribution in [0.4, 0.5) is 11.6 Å². The molecule has 8 nitrogen and oxygen atoms in total. The molecule has 1 atom stereocenters. The van der Waals surface area contributed by atoms with Crippen molar-refractivity contribution in [3.63, 3.8) is 0 Å². The van der Waals surface area contributed by atoms with Crippen molar-refractivity contribution in [2.45, 2.75) is 50.5 Å². The number of pyridine rings is 2. The molecule has 0 aromatic carbocycles. The van der Waals surface area contributed by atoms with Gasteiger partial charge >= 0.3 is 0 Å². The number of anilines is 2. The Hall–Kier alpha value is -2.78. The van der Waals surface area contributed by atoms with E-state index in [9.17, 15) is 8.42 Å². The van der Waals surface area contributed by atoms with Crippen LogP contribution in [-0.4, -0.2) is 45.6 Å². The molecule has 0 amide bonds. The summed E-state index contributed by atoms with van der Waals surface area (Å²) in [6.45, 7) is 5.45. The Kier molecular flexibility index (Phi) is 6.33. The van der Waals surface area contributed by atoms with Gasteiger partial charge in [0.1, 0.15) is 16.5 Å². The largest absolute Gasteiger partial charge is 0.325 e. The quantitative estimate of drug-likeness (QED) is 0.602. The summed E-state index contributed by atoms with van der Waals surface area (Å²) in [6, 6.07) is 11.5. The third kappa shape index (κ3) is 4.77. The van der Waals surface area contributed by atoms with Gasteiger partial charge in [0.2, 0.25) is 10.0 Å². The summed E-state index contributed by atoms with van der Waals surface area (Å²) in [5.74, 6) is 1.47. The number of hydrogen-bond donors (Lipinski definition) is 1. The van der Waals surface area contributed by atoms with Crippen LogP contribution in [0.3, 0.4) is 0 Å². The lowest BCUT2D eigenvalue weighted by Gasteiger charge is -2.31. The summed E-state index contributed by atoms with van der Waals surface area (Å²) < 4.78 is 30.0. The number of piperidine rings is 1. The van der Waals surface area contributed by atoms with Crippen molar-refractivity contribution < 1.29 is 8.42 Å². The minimum Gasteiger partial charge on any atom is -0.325 e. The number of rotatable bonds is 7. The molecule has 1 fully saturated rings. The highest BCUT2D eigenvalue weighted by Gasteiger charge is 2.33. The molecule has 3 aromatic heterocycles. The Labute approximate surface area is 183 Å². The second-order valence-electron chi connectivity index (χ2n) is 7.83. The van der Waals surface area contributed by atoms with E-state index in [2.05, 4.69) is 15.4 Å². The zero-order valence-electron chi connectivity index (χ0n) is 17.9. The van der Waals surface area contributed by atoms with Gasteiger partial charge in [-0.15, -0.1) is 0 Å². The van der Waals surface area contributed by atoms with Crippen molar-refractivity contribution in [2.24, 2.45) is 0 Å². The predicted octanol–water partition coefficient (Wildman–Crippen LogP) is 3.70.